The first kappa shape index (κ1) is 22.4. The van der Waals surface area contributed by atoms with Crippen molar-refractivity contribution in [1.29, 1.82) is 0 Å². The van der Waals surface area contributed by atoms with Crippen LogP contribution in [0.2, 0.25) is 0 Å². The summed E-state index contributed by atoms with van der Waals surface area (Å²) in [6.07, 6.45) is 4.08. The molecule has 1 unspecified atom stereocenters. The lowest BCUT2D eigenvalue weighted by atomic mass is 10.1. The number of morpholine rings is 1. The van der Waals surface area contributed by atoms with Crippen molar-refractivity contribution in [3.63, 3.8) is 0 Å². The fourth-order valence-electron chi connectivity index (χ4n) is 4.44. The highest BCUT2D eigenvalue weighted by Gasteiger charge is 2.30. The van der Waals surface area contributed by atoms with Crippen molar-refractivity contribution >= 4 is 11.6 Å². The van der Waals surface area contributed by atoms with Gasteiger partial charge >= 0.3 is 0 Å². The molecule has 0 bridgehead atoms. The number of amides is 1. The predicted molar refractivity (Wildman–Crippen MR) is 130 cm³/mol. The Morgan fingerprint density at radius 3 is 2.68 bits per heavy atom. The van der Waals surface area contributed by atoms with E-state index < -0.39 is 6.10 Å². The van der Waals surface area contributed by atoms with Gasteiger partial charge in [-0.25, -0.2) is 4.68 Å². The molecule has 3 heterocycles. The molecule has 1 fully saturated rings. The van der Waals surface area contributed by atoms with Crippen LogP contribution in [-0.4, -0.2) is 72.6 Å². The normalized spacial score (nSPS) is 18.2. The molecule has 1 atom stereocenters. The first-order chi connectivity index (χ1) is 16.8. The number of anilines is 1. The number of rotatable bonds is 8. The minimum Gasteiger partial charge on any atom is -0.477 e. The summed E-state index contributed by atoms with van der Waals surface area (Å²) in [5.74, 6) is 0.686. The minimum atomic E-state index is -0.540. The summed E-state index contributed by atoms with van der Waals surface area (Å²) in [5.41, 5.74) is 3.19. The average Bonchev–Trinajstić information content (AvgIpc) is 3.43. The highest BCUT2D eigenvalue weighted by Crippen LogP contribution is 2.34. The number of hydrogen-bond donors (Lipinski definition) is 1. The zero-order valence-electron chi connectivity index (χ0n) is 19.3. The van der Waals surface area contributed by atoms with E-state index in [0.29, 0.717) is 19.6 Å². The number of ether oxygens (including phenoxy) is 2. The van der Waals surface area contributed by atoms with Gasteiger partial charge in [-0.1, -0.05) is 24.3 Å². The van der Waals surface area contributed by atoms with Crippen LogP contribution < -0.4 is 15.0 Å². The molecule has 2 aromatic carbocycles. The lowest BCUT2D eigenvalue weighted by Gasteiger charge is -2.35. The zero-order chi connectivity index (χ0) is 23.2. The summed E-state index contributed by atoms with van der Waals surface area (Å²) >= 11 is 0. The molecule has 1 N–H and O–H groups in total. The molecule has 2 aliphatic rings. The van der Waals surface area contributed by atoms with Crippen molar-refractivity contribution in [1.82, 2.24) is 20.0 Å². The molecule has 1 amide bonds. The van der Waals surface area contributed by atoms with Gasteiger partial charge in [-0.3, -0.25) is 9.69 Å². The number of carbonyl (C=O) groups excluding carboxylic acids is 1. The number of nitrogens with one attached hydrogen (secondary N) is 1. The van der Waals surface area contributed by atoms with Gasteiger partial charge in [0.05, 0.1) is 31.1 Å². The molecule has 5 rings (SSSR count). The van der Waals surface area contributed by atoms with Crippen molar-refractivity contribution in [2.75, 3.05) is 50.8 Å². The van der Waals surface area contributed by atoms with Crippen LogP contribution in [0.15, 0.2) is 67.0 Å². The lowest BCUT2D eigenvalue weighted by Crippen LogP contribution is -2.49. The molecule has 1 saturated heterocycles. The molecule has 3 aromatic rings. The lowest BCUT2D eigenvalue weighted by molar-refractivity contribution is -0.127. The monoisotopic (exact) mass is 461 g/mol. The number of nitrogens with zero attached hydrogens (tertiary/aromatic N) is 4. The van der Waals surface area contributed by atoms with Crippen LogP contribution in [0.5, 0.6) is 5.75 Å². The van der Waals surface area contributed by atoms with E-state index in [-0.39, 0.29) is 5.91 Å². The molecule has 178 valence electrons. The largest absolute Gasteiger partial charge is 0.477 e. The van der Waals surface area contributed by atoms with Gasteiger partial charge in [0.2, 0.25) is 0 Å². The van der Waals surface area contributed by atoms with Gasteiger partial charge in [0.25, 0.3) is 5.91 Å². The van der Waals surface area contributed by atoms with Gasteiger partial charge in [0.1, 0.15) is 5.75 Å². The van der Waals surface area contributed by atoms with Crippen molar-refractivity contribution in [3.05, 3.63) is 72.6 Å². The molecule has 8 heteroatoms. The van der Waals surface area contributed by atoms with Crippen LogP contribution in [0, 0.1) is 0 Å². The second-order valence-corrected chi connectivity index (χ2v) is 8.67. The van der Waals surface area contributed by atoms with Crippen LogP contribution in [0.3, 0.4) is 0 Å². The summed E-state index contributed by atoms with van der Waals surface area (Å²) in [7, 11) is 0. The summed E-state index contributed by atoms with van der Waals surface area (Å²) < 4.78 is 13.3. The summed E-state index contributed by atoms with van der Waals surface area (Å²) in [4.78, 5) is 17.5. The Balaban J connectivity index is 1.20. The first-order valence-corrected chi connectivity index (χ1v) is 11.9. The molecule has 0 saturated carbocycles. The van der Waals surface area contributed by atoms with E-state index in [1.54, 1.807) is 6.20 Å². The maximum absolute atomic E-state index is 12.9. The average molecular weight is 462 g/mol. The summed E-state index contributed by atoms with van der Waals surface area (Å²) in [6.45, 7) is 6.34. The van der Waals surface area contributed by atoms with E-state index in [1.165, 1.54) is 0 Å². The van der Waals surface area contributed by atoms with Crippen molar-refractivity contribution in [2.24, 2.45) is 0 Å². The van der Waals surface area contributed by atoms with Crippen LogP contribution in [0.4, 0.5) is 5.69 Å². The fraction of sp³-hybridized carbons (Fsp3) is 0.385. The third kappa shape index (κ3) is 5.40. The molecule has 0 radical (unpaired) electrons. The van der Waals surface area contributed by atoms with E-state index in [1.807, 2.05) is 41.2 Å². The van der Waals surface area contributed by atoms with Gasteiger partial charge in [0, 0.05) is 38.6 Å². The first-order valence-electron chi connectivity index (χ1n) is 11.9. The van der Waals surface area contributed by atoms with Gasteiger partial charge in [-0.05, 0) is 48.9 Å². The van der Waals surface area contributed by atoms with Crippen LogP contribution in [0.25, 0.3) is 5.69 Å². The maximum atomic E-state index is 12.9. The van der Waals surface area contributed by atoms with Crippen molar-refractivity contribution in [2.45, 2.75) is 19.1 Å². The number of carbonyl (C=O) groups is 1. The highest BCUT2D eigenvalue weighted by molar-refractivity contribution is 5.83. The number of aromatic nitrogens is 2. The van der Waals surface area contributed by atoms with Gasteiger partial charge in [-0.15, -0.1) is 0 Å². The Labute approximate surface area is 200 Å². The Bertz CT molecular complexity index is 1060. The number of benzene rings is 2. The molecule has 8 nitrogen and oxygen atoms in total. The molecule has 2 aliphatic heterocycles. The van der Waals surface area contributed by atoms with Gasteiger partial charge in [-0.2, -0.15) is 5.10 Å². The SMILES string of the molecule is O=C(NCCCN1CCOCC1)C1CN(Cc2ccc(-n3cccn3)cc2)c2ccccc2O1. The number of fused-ring (bicyclic) bond motifs is 1. The second kappa shape index (κ2) is 10.7. The maximum Gasteiger partial charge on any atom is 0.262 e. The third-order valence-electron chi connectivity index (χ3n) is 6.29. The van der Waals surface area contributed by atoms with Crippen LogP contribution >= 0.6 is 0 Å². The number of para-hydroxylation sites is 2. The molecular formula is C26H31N5O3. The predicted octanol–water partition coefficient (Wildman–Crippen LogP) is 2.48. The molecule has 0 aliphatic carbocycles. The quantitative estimate of drug-likeness (QED) is 0.520. The second-order valence-electron chi connectivity index (χ2n) is 8.67. The summed E-state index contributed by atoms with van der Waals surface area (Å²) in [5, 5.41) is 7.36. The Kier molecular flexibility index (Phi) is 7.07. The Morgan fingerprint density at radius 1 is 1.06 bits per heavy atom. The van der Waals surface area contributed by atoms with E-state index >= 15 is 0 Å². The standard InChI is InChI=1S/C26H31N5O3/c32-26(27-11-3-13-29-15-17-33-18-16-29)25-20-30(23-5-1-2-6-24(23)34-25)19-21-7-9-22(10-8-21)31-14-4-12-28-31/h1-2,4-10,12,14,25H,3,11,13,15-20H2,(H,27,32). The van der Waals surface area contributed by atoms with E-state index in [9.17, 15) is 4.79 Å². The summed E-state index contributed by atoms with van der Waals surface area (Å²) in [6, 6.07) is 18.2. The third-order valence-corrected chi connectivity index (χ3v) is 6.29. The molecule has 0 spiro atoms. The van der Waals surface area contributed by atoms with Crippen molar-refractivity contribution in [3.8, 4) is 11.4 Å². The zero-order valence-corrected chi connectivity index (χ0v) is 19.3. The number of hydrogen-bond acceptors (Lipinski definition) is 6. The van der Waals surface area contributed by atoms with Gasteiger partial charge < -0.3 is 19.7 Å². The van der Waals surface area contributed by atoms with Crippen molar-refractivity contribution < 1.29 is 14.3 Å². The van der Waals surface area contributed by atoms with E-state index in [4.69, 9.17) is 9.47 Å². The fourth-order valence-corrected chi connectivity index (χ4v) is 4.44. The molecular weight excluding hydrogens is 430 g/mol. The van der Waals surface area contributed by atoms with Crippen LogP contribution in [-0.2, 0) is 16.1 Å². The van der Waals surface area contributed by atoms with E-state index in [2.05, 4.69) is 44.5 Å². The molecule has 34 heavy (non-hydrogen) atoms. The highest BCUT2D eigenvalue weighted by atomic mass is 16.5. The topological polar surface area (TPSA) is 71.9 Å². The Hall–Kier alpha value is -3.36. The van der Waals surface area contributed by atoms with Crippen LogP contribution in [0.1, 0.15) is 12.0 Å². The smallest absolute Gasteiger partial charge is 0.262 e. The minimum absolute atomic E-state index is 0.0597. The van der Waals surface area contributed by atoms with E-state index in [0.717, 1.165) is 62.0 Å². The van der Waals surface area contributed by atoms with Gasteiger partial charge in [0.15, 0.2) is 6.10 Å². The molecule has 1 aromatic heterocycles. The Morgan fingerprint density at radius 2 is 1.88 bits per heavy atom.